The van der Waals surface area contributed by atoms with Gasteiger partial charge in [0, 0.05) is 37.9 Å². The minimum absolute atomic E-state index is 0.0297. The van der Waals surface area contributed by atoms with E-state index in [1.54, 1.807) is 0 Å². The highest BCUT2D eigenvalue weighted by Gasteiger charge is 2.34. The lowest BCUT2D eigenvalue weighted by molar-refractivity contribution is -0.127. The van der Waals surface area contributed by atoms with Gasteiger partial charge < -0.3 is 20.6 Å². The van der Waals surface area contributed by atoms with E-state index in [1.807, 2.05) is 67.5 Å². The second-order valence-corrected chi connectivity index (χ2v) is 9.43. The lowest BCUT2D eigenvalue weighted by Crippen LogP contribution is -2.40. The monoisotopic (exact) mass is 445 g/mol. The fraction of sp³-hybridized carbons (Fsp3) is 0.423. The van der Waals surface area contributed by atoms with E-state index in [0.29, 0.717) is 12.4 Å². The maximum atomic E-state index is 13.0. The van der Waals surface area contributed by atoms with Crippen molar-refractivity contribution in [2.24, 2.45) is 5.92 Å². The van der Waals surface area contributed by atoms with Crippen LogP contribution in [0.25, 0.3) is 10.9 Å². The summed E-state index contributed by atoms with van der Waals surface area (Å²) in [7, 11) is 3.98. The molecule has 3 N–H and O–H groups in total. The number of hydrogen-bond donors (Lipinski definition) is 3. The number of hydrogen-bond acceptors (Lipinski definition) is 6. The van der Waals surface area contributed by atoms with Gasteiger partial charge in [0.2, 0.25) is 11.9 Å². The predicted octanol–water partition coefficient (Wildman–Crippen LogP) is 3.44. The van der Waals surface area contributed by atoms with Crippen LogP contribution in [-0.2, 0) is 11.2 Å². The molecule has 33 heavy (non-hydrogen) atoms. The van der Waals surface area contributed by atoms with Gasteiger partial charge in [-0.05, 0) is 48.9 Å². The molecule has 0 aliphatic heterocycles. The Balaban J connectivity index is 1.21. The zero-order valence-corrected chi connectivity index (χ0v) is 19.2. The number of carbonyl (C=O) groups is 1. The third-order valence-electron chi connectivity index (χ3n) is 6.94. The first-order chi connectivity index (χ1) is 16.0. The van der Waals surface area contributed by atoms with E-state index in [4.69, 9.17) is 9.97 Å². The number of rotatable bonds is 5. The summed E-state index contributed by atoms with van der Waals surface area (Å²) in [5.41, 5.74) is 3.08. The number of aliphatic hydroxyl groups is 1. The molecule has 1 amide bonds. The average molecular weight is 446 g/mol. The topological polar surface area (TPSA) is 90.4 Å². The molecule has 7 heteroatoms. The number of anilines is 2. The van der Waals surface area contributed by atoms with Gasteiger partial charge in [-0.25, -0.2) is 4.98 Å². The summed E-state index contributed by atoms with van der Waals surface area (Å²) in [5, 5.41) is 18.1. The maximum absolute atomic E-state index is 13.0. The van der Waals surface area contributed by atoms with E-state index in [2.05, 4.69) is 10.6 Å². The second-order valence-electron chi connectivity index (χ2n) is 9.43. The number of carbonyl (C=O) groups excluding carboxylic acids is 1. The molecule has 0 unspecified atom stereocenters. The van der Waals surface area contributed by atoms with Gasteiger partial charge in [0.15, 0.2) is 0 Å². The van der Waals surface area contributed by atoms with Crippen LogP contribution in [0.3, 0.4) is 0 Å². The van der Waals surface area contributed by atoms with Crippen molar-refractivity contribution in [3.05, 3.63) is 59.7 Å². The van der Waals surface area contributed by atoms with Crippen molar-refractivity contribution in [2.45, 2.75) is 50.3 Å². The highest BCUT2D eigenvalue weighted by Crippen LogP contribution is 2.33. The minimum atomic E-state index is -0.555. The van der Waals surface area contributed by atoms with Crippen molar-refractivity contribution in [2.75, 3.05) is 24.3 Å². The van der Waals surface area contributed by atoms with E-state index in [0.717, 1.165) is 53.5 Å². The summed E-state index contributed by atoms with van der Waals surface area (Å²) in [6, 6.07) is 15.9. The molecule has 0 saturated heterocycles. The van der Waals surface area contributed by atoms with E-state index in [-0.39, 0.29) is 23.9 Å². The van der Waals surface area contributed by atoms with E-state index in [1.165, 1.54) is 0 Å². The van der Waals surface area contributed by atoms with Gasteiger partial charge in [-0.15, -0.1) is 0 Å². The van der Waals surface area contributed by atoms with Gasteiger partial charge in [0.25, 0.3) is 0 Å². The van der Waals surface area contributed by atoms with Crippen molar-refractivity contribution in [1.29, 1.82) is 0 Å². The molecule has 2 aliphatic carbocycles. The largest absolute Gasteiger partial charge is 0.390 e. The standard InChI is InChI=1S/C26H31N5O2/c1-31(2)24-20-9-5-6-10-21(20)28-26(30-24)27-18-13-11-16(12-14-18)25(33)29-23-19-8-4-3-7-17(19)15-22(23)32/h3-10,16,18,22-23,32H,11-15H2,1-2H3,(H,29,33)(H,27,28,30)/t16-,18+,22-,23+/m1/s1. The Hall–Kier alpha value is -3.19. The van der Waals surface area contributed by atoms with E-state index < -0.39 is 6.10 Å². The molecule has 1 saturated carbocycles. The first kappa shape index (κ1) is 21.6. The van der Waals surface area contributed by atoms with Crippen LogP contribution < -0.4 is 15.5 Å². The van der Waals surface area contributed by atoms with Gasteiger partial charge in [0.1, 0.15) is 5.82 Å². The number of para-hydroxylation sites is 1. The van der Waals surface area contributed by atoms with Gasteiger partial charge in [-0.3, -0.25) is 4.79 Å². The Morgan fingerprint density at radius 2 is 1.73 bits per heavy atom. The fourth-order valence-electron chi connectivity index (χ4n) is 5.17. The average Bonchev–Trinajstić information content (AvgIpc) is 3.13. The SMILES string of the molecule is CN(C)c1nc(N[C@H]2CC[C@@H](C(=O)N[C@H]3c4ccccc4C[C@H]3O)CC2)nc2ccccc12. The molecule has 0 bridgehead atoms. The molecular formula is C26H31N5O2. The van der Waals surface area contributed by atoms with Crippen LogP contribution in [0.4, 0.5) is 11.8 Å². The van der Waals surface area contributed by atoms with Gasteiger partial charge in [0.05, 0.1) is 17.7 Å². The Morgan fingerprint density at radius 3 is 2.52 bits per heavy atom. The number of amides is 1. The molecule has 0 radical (unpaired) electrons. The van der Waals surface area contributed by atoms with E-state index in [9.17, 15) is 9.90 Å². The Morgan fingerprint density at radius 1 is 1.00 bits per heavy atom. The molecule has 1 heterocycles. The number of nitrogens with one attached hydrogen (secondary N) is 2. The molecule has 2 aromatic carbocycles. The van der Waals surface area contributed by atoms with Crippen LogP contribution in [0.5, 0.6) is 0 Å². The first-order valence-electron chi connectivity index (χ1n) is 11.8. The van der Waals surface area contributed by atoms with Crippen molar-refractivity contribution >= 4 is 28.6 Å². The van der Waals surface area contributed by atoms with Crippen LogP contribution in [0, 0.1) is 5.92 Å². The van der Waals surface area contributed by atoms with Crippen molar-refractivity contribution in [3.63, 3.8) is 0 Å². The zero-order valence-electron chi connectivity index (χ0n) is 19.2. The van der Waals surface area contributed by atoms with Gasteiger partial charge in [-0.2, -0.15) is 4.98 Å². The molecule has 3 aromatic rings. The summed E-state index contributed by atoms with van der Waals surface area (Å²) >= 11 is 0. The van der Waals surface area contributed by atoms with E-state index >= 15 is 0 Å². The predicted molar refractivity (Wildman–Crippen MR) is 130 cm³/mol. The Bertz CT molecular complexity index is 1160. The highest BCUT2D eigenvalue weighted by atomic mass is 16.3. The molecule has 0 spiro atoms. The lowest BCUT2D eigenvalue weighted by Gasteiger charge is -2.30. The summed E-state index contributed by atoms with van der Waals surface area (Å²) in [4.78, 5) is 24.4. The number of fused-ring (bicyclic) bond motifs is 2. The Kier molecular flexibility index (Phi) is 5.89. The normalized spacial score (nSPS) is 24.3. The summed E-state index contributed by atoms with van der Waals surface area (Å²) < 4.78 is 0. The quantitative estimate of drug-likeness (QED) is 0.557. The molecule has 172 valence electrons. The molecule has 5 rings (SSSR count). The van der Waals surface area contributed by atoms with Gasteiger partial charge >= 0.3 is 0 Å². The summed E-state index contributed by atoms with van der Waals surface area (Å²) in [6.07, 6.45) is 3.42. The molecule has 7 nitrogen and oxygen atoms in total. The lowest BCUT2D eigenvalue weighted by atomic mass is 9.85. The van der Waals surface area contributed by atoms with Crippen LogP contribution in [0.2, 0.25) is 0 Å². The van der Waals surface area contributed by atoms with Crippen molar-refractivity contribution < 1.29 is 9.90 Å². The van der Waals surface area contributed by atoms with Crippen LogP contribution in [0.1, 0.15) is 42.9 Å². The third kappa shape index (κ3) is 4.37. The highest BCUT2D eigenvalue weighted by molar-refractivity contribution is 5.90. The number of aliphatic hydroxyl groups excluding tert-OH is 1. The number of aromatic nitrogens is 2. The summed E-state index contributed by atoms with van der Waals surface area (Å²) in [5.74, 6) is 1.55. The zero-order chi connectivity index (χ0) is 22.9. The van der Waals surface area contributed by atoms with Crippen molar-refractivity contribution in [3.8, 4) is 0 Å². The molecule has 1 aromatic heterocycles. The minimum Gasteiger partial charge on any atom is -0.390 e. The summed E-state index contributed by atoms with van der Waals surface area (Å²) in [6.45, 7) is 0. The first-order valence-corrected chi connectivity index (χ1v) is 11.8. The molecule has 1 fully saturated rings. The second kappa shape index (κ2) is 8.98. The van der Waals surface area contributed by atoms with Crippen LogP contribution in [0.15, 0.2) is 48.5 Å². The molecule has 2 atom stereocenters. The van der Waals surface area contributed by atoms with Gasteiger partial charge in [-0.1, -0.05) is 36.4 Å². The Labute approximate surface area is 194 Å². The molecular weight excluding hydrogens is 414 g/mol. The fourth-order valence-corrected chi connectivity index (χ4v) is 5.17. The number of nitrogens with zero attached hydrogens (tertiary/aromatic N) is 3. The third-order valence-corrected chi connectivity index (χ3v) is 6.94. The van der Waals surface area contributed by atoms with Crippen molar-refractivity contribution in [1.82, 2.24) is 15.3 Å². The smallest absolute Gasteiger partial charge is 0.225 e. The number of benzene rings is 2. The molecule has 2 aliphatic rings. The van der Waals surface area contributed by atoms with Crippen LogP contribution in [-0.4, -0.2) is 47.2 Å². The van der Waals surface area contributed by atoms with Crippen LogP contribution >= 0.6 is 0 Å². The maximum Gasteiger partial charge on any atom is 0.225 e.